The first-order chi connectivity index (χ1) is 10.6. The summed E-state index contributed by atoms with van der Waals surface area (Å²) in [5, 5.41) is 0. The van der Waals surface area contributed by atoms with E-state index in [0.717, 1.165) is 24.3 Å². The normalized spacial score (nSPS) is 13.5. The second kappa shape index (κ2) is 7.83. The van der Waals surface area contributed by atoms with Crippen molar-refractivity contribution in [2.45, 2.75) is 32.6 Å². The minimum Gasteiger partial charge on any atom is -0.497 e. The second-order valence-electron chi connectivity index (χ2n) is 5.81. The molecule has 22 heavy (non-hydrogen) atoms. The molecule has 118 valence electrons. The Morgan fingerprint density at radius 2 is 1.55 bits per heavy atom. The molecule has 3 heteroatoms. The van der Waals surface area contributed by atoms with Gasteiger partial charge in [0.15, 0.2) is 0 Å². The molecule has 0 bridgehead atoms. The maximum atomic E-state index is 5.37. The van der Waals surface area contributed by atoms with Crippen LogP contribution in [0.25, 0.3) is 0 Å². The molecular formula is C19H25NO2. The van der Waals surface area contributed by atoms with Gasteiger partial charge in [0.25, 0.3) is 0 Å². The van der Waals surface area contributed by atoms with E-state index in [1.165, 1.54) is 11.1 Å². The van der Waals surface area contributed by atoms with Crippen molar-refractivity contribution >= 4 is 0 Å². The number of benzene rings is 1. The summed E-state index contributed by atoms with van der Waals surface area (Å²) < 4.78 is 10.7. The molecule has 3 nitrogen and oxygen atoms in total. The van der Waals surface area contributed by atoms with Crippen molar-refractivity contribution in [1.82, 2.24) is 4.98 Å². The van der Waals surface area contributed by atoms with Gasteiger partial charge in [-0.1, -0.05) is 13.8 Å². The van der Waals surface area contributed by atoms with Crippen molar-refractivity contribution in [3.05, 3.63) is 53.9 Å². The molecule has 0 saturated carbocycles. The highest BCUT2D eigenvalue weighted by atomic mass is 16.5. The molecule has 0 radical (unpaired) electrons. The van der Waals surface area contributed by atoms with Crippen LogP contribution in [0.1, 0.15) is 37.3 Å². The van der Waals surface area contributed by atoms with E-state index in [2.05, 4.69) is 43.1 Å². The van der Waals surface area contributed by atoms with Gasteiger partial charge in [-0.15, -0.1) is 0 Å². The number of aromatic nitrogens is 1. The van der Waals surface area contributed by atoms with Gasteiger partial charge in [-0.3, -0.25) is 4.98 Å². The molecule has 2 aromatic rings. The number of methoxy groups -OCH3 is 2. The Labute approximate surface area is 133 Å². The third kappa shape index (κ3) is 4.23. The van der Waals surface area contributed by atoms with E-state index in [1.807, 2.05) is 18.5 Å². The maximum Gasteiger partial charge on any atom is 0.122 e. The van der Waals surface area contributed by atoms with Crippen LogP contribution < -0.4 is 9.47 Å². The van der Waals surface area contributed by atoms with Crippen LogP contribution in [0.2, 0.25) is 0 Å². The van der Waals surface area contributed by atoms with Crippen LogP contribution in [0.3, 0.4) is 0 Å². The molecule has 0 spiro atoms. The van der Waals surface area contributed by atoms with E-state index in [9.17, 15) is 0 Å². The van der Waals surface area contributed by atoms with Crippen LogP contribution in [-0.4, -0.2) is 19.2 Å². The van der Waals surface area contributed by atoms with E-state index >= 15 is 0 Å². The lowest BCUT2D eigenvalue weighted by Gasteiger charge is -2.21. The van der Waals surface area contributed by atoms with E-state index in [1.54, 1.807) is 14.2 Å². The number of ether oxygens (including phenoxy) is 2. The Kier molecular flexibility index (Phi) is 5.82. The number of hydrogen-bond acceptors (Lipinski definition) is 3. The third-order valence-corrected chi connectivity index (χ3v) is 4.39. The summed E-state index contributed by atoms with van der Waals surface area (Å²) in [4.78, 5) is 4.07. The van der Waals surface area contributed by atoms with Crippen molar-refractivity contribution in [1.29, 1.82) is 0 Å². The number of aryl methyl sites for hydroxylation is 1. The Morgan fingerprint density at radius 3 is 2.09 bits per heavy atom. The molecule has 1 aromatic carbocycles. The maximum absolute atomic E-state index is 5.37. The molecule has 0 aliphatic carbocycles. The summed E-state index contributed by atoms with van der Waals surface area (Å²) in [5.41, 5.74) is 2.61. The summed E-state index contributed by atoms with van der Waals surface area (Å²) in [5.74, 6) is 2.72. The monoisotopic (exact) mass is 299 g/mol. The van der Waals surface area contributed by atoms with E-state index in [4.69, 9.17) is 9.47 Å². The molecule has 2 atom stereocenters. The van der Waals surface area contributed by atoms with E-state index < -0.39 is 0 Å². The zero-order valence-corrected chi connectivity index (χ0v) is 13.9. The fourth-order valence-electron chi connectivity index (χ4n) is 2.61. The van der Waals surface area contributed by atoms with Gasteiger partial charge in [0.2, 0.25) is 0 Å². The Balaban J connectivity index is 2.05. The fourth-order valence-corrected chi connectivity index (χ4v) is 2.61. The average molecular weight is 299 g/mol. The van der Waals surface area contributed by atoms with Gasteiger partial charge in [-0.2, -0.15) is 0 Å². The van der Waals surface area contributed by atoms with Crippen LogP contribution in [-0.2, 0) is 6.42 Å². The van der Waals surface area contributed by atoms with Crippen LogP contribution in [0.5, 0.6) is 11.5 Å². The Morgan fingerprint density at radius 1 is 0.955 bits per heavy atom. The predicted octanol–water partition coefficient (Wildman–Crippen LogP) is 4.47. The molecule has 0 amide bonds. The van der Waals surface area contributed by atoms with Crippen LogP contribution in [0, 0.1) is 5.92 Å². The molecule has 0 N–H and O–H groups in total. The molecule has 1 heterocycles. The van der Waals surface area contributed by atoms with Gasteiger partial charge in [0, 0.05) is 18.5 Å². The van der Waals surface area contributed by atoms with E-state index in [-0.39, 0.29) is 0 Å². The second-order valence-corrected chi connectivity index (χ2v) is 5.81. The first-order valence-corrected chi connectivity index (χ1v) is 7.76. The topological polar surface area (TPSA) is 31.4 Å². The molecule has 2 rings (SSSR count). The number of hydrogen-bond donors (Lipinski definition) is 0. The summed E-state index contributed by atoms with van der Waals surface area (Å²) in [6.45, 7) is 4.57. The lowest BCUT2D eigenvalue weighted by atomic mass is 9.85. The summed E-state index contributed by atoms with van der Waals surface area (Å²) in [7, 11) is 3.38. The quantitative estimate of drug-likeness (QED) is 0.756. The minimum atomic E-state index is 0.450. The first kappa shape index (κ1) is 16.3. The highest BCUT2D eigenvalue weighted by Gasteiger charge is 2.16. The van der Waals surface area contributed by atoms with Crippen molar-refractivity contribution < 1.29 is 9.47 Å². The lowest BCUT2D eigenvalue weighted by molar-refractivity contribution is 0.389. The average Bonchev–Trinajstić information content (AvgIpc) is 2.59. The predicted molar refractivity (Wildman–Crippen MR) is 89.7 cm³/mol. The molecule has 0 fully saturated rings. The van der Waals surface area contributed by atoms with Gasteiger partial charge in [0.05, 0.1) is 14.2 Å². The number of rotatable bonds is 7. The fraction of sp³-hybridized carbons (Fsp3) is 0.421. The van der Waals surface area contributed by atoms with Gasteiger partial charge < -0.3 is 9.47 Å². The number of nitrogens with zero attached hydrogens (tertiary/aromatic N) is 1. The molecule has 0 aliphatic heterocycles. The van der Waals surface area contributed by atoms with Crippen molar-refractivity contribution in [3.8, 4) is 11.5 Å². The Hall–Kier alpha value is -2.03. The molecule has 0 saturated heterocycles. The highest BCUT2D eigenvalue weighted by Crippen LogP contribution is 2.33. The largest absolute Gasteiger partial charge is 0.497 e. The van der Waals surface area contributed by atoms with Gasteiger partial charge in [0.1, 0.15) is 11.5 Å². The van der Waals surface area contributed by atoms with Crippen LogP contribution >= 0.6 is 0 Å². The minimum absolute atomic E-state index is 0.450. The van der Waals surface area contributed by atoms with Crippen LogP contribution in [0.4, 0.5) is 0 Å². The zero-order chi connectivity index (χ0) is 15.9. The summed E-state index contributed by atoms with van der Waals surface area (Å²) in [6.07, 6.45) is 5.94. The SMILES string of the molecule is COc1cc(OC)cc([C@H](C)[C@@H](C)CCc2ccncc2)c1. The summed E-state index contributed by atoms with van der Waals surface area (Å²) >= 11 is 0. The molecular weight excluding hydrogens is 274 g/mol. The van der Waals surface area contributed by atoms with Gasteiger partial charge in [-0.25, -0.2) is 0 Å². The van der Waals surface area contributed by atoms with Crippen LogP contribution in [0.15, 0.2) is 42.7 Å². The highest BCUT2D eigenvalue weighted by molar-refractivity contribution is 5.40. The zero-order valence-electron chi connectivity index (χ0n) is 13.9. The molecule has 1 aromatic heterocycles. The van der Waals surface area contributed by atoms with Crippen molar-refractivity contribution in [2.24, 2.45) is 5.92 Å². The number of pyridine rings is 1. The Bertz CT molecular complexity index is 561. The third-order valence-electron chi connectivity index (χ3n) is 4.39. The summed E-state index contributed by atoms with van der Waals surface area (Å²) in [6, 6.07) is 10.3. The van der Waals surface area contributed by atoms with Gasteiger partial charge in [-0.05, 0) is 60.1 Å². The molecule has 0 aliphatic rings. The van der Waals surface area contributed by atoms with Crippen molar-refractivity contribution in [3.63, 3.8) is 0 Å². The standard InChI is InChI=1S/C19H25NO2/c1-14(5-6-16-7-9-20-10-8-16)15(2)17-11-18(21-3)13-19(12-17)22-4/h7-15H,5-6H2,1-4H3/t14-,15+/m0/s1. The first-order valence-electron chi connectivity index (χ1n) is 7.76. The van der Waals surface area contributed by atoms with Gasteiger partial charge >= 0.3 is 0 Å². The molecule has 0 unspecified atom stereocenters. The van der Waals surface area contributed by atoms with Crippen molar-refractivity contribution in [2.75, 3.05) is 14.2 Å². The van der Waals surface area contributed by atoms with E-state index in [0.29, 0.717) is 11.8 Å². The lowest BCUT2D eigenvalue weighted by Crippen LogP contribution is -2.08. The smallest absolute Gasteiger partial charge is 0.122 e.